The lowest BCUT2D eigenvalue weighted by Crippen LogP contribution is -1.95. The summed E-state index contributed by atoms with van der Waals surface area (Å²) in [5.74, 6) is 0.408. The number of para-hydroxylation sites is 1. The molecule has 1 aromatic heterocycles. The maximum atomic E-state index is 10.6. The molecule has 3 nitrogen and oxygen atoms in total. The Kier molecular flexibility index (Phi) is 3.72. The number of nitrogens with zero attached hydrogens (tertiary/aromatic N) is 2. The van der Waals surface area contributed by atoms with Crippen LogP contribution in [0.3, 0.4) is 0 Å². The predicted molar refractivity (Wildman–Crippen MR) is 89.5 cm³/mol. The molecule has 0 saturated carbocycles. The van der Waals surface area contributed by atoms with Crippen molar-refractivity contribution in [3.05, 3.63) is 65.7 Å². The molecule has 0 aliphatic carbocycles. The molecule has 2 aromatic carbocycles. The zero-order valence-corrected chi connectivity index (χ0v) is 13.1. The second kappa shape index (κ2) is 5.68. The first-order valence-corrected chi connectivity index (χ1v) is 7.52. The molecular weight excluding hydrogens is 272 g/mol. The average molecular weight is 292 g/mol. The highest BCUT2D eigenvalue weighted by molar-refractivity contribution is 5.67. The monoisotopic (exact) mass is 292 g/mol. The van der Waals surface area contributed by atoms with Gasteiger partial charge in [-0.05, 0) is 25.0 Å². The zero-order valence-electron chi connectivity index (χ0n) is 13.1. The summed E-state index contributed by atoms with van der Waals surface area (Å²) in [6.45, 7) is 6.21. The Morgan fingerprint density at radius 2 is 1.59 bits per heavy atom. The van der Waals surface area contributed by atoms with Gasteiger partial charge in [0.05, 0.1) is 5.69 Å². The maximum absolute atomic E-state index is 10.6. The molecule has 0 amide bonds. The maximum Gasteiger partial charge on any atom is 0.218 e. The highest BCUT2D eigenvalue weighted by atomic mass is 16.3. The lowest BCUT2D eigenvalue weighted by Gasteiger charge is -2.07. The first-order chi connectivity index (χ1) is 10.6. The minimum atomic E-state index is 0.189. The van der Waals surface area contributed by atoms with Gasteiger partial charge in [-0.3, -0.25) is 0 Å². The number of hydrogen-bond donors (Lipinski definition) is 1. The van der Waals surface area contributed by atoms with E-state index in [9.17, 15) is 5.11 Å². The topological polar surface area (TPSA) is 38.0 Å². The summed E-state index contributed by atoms with van der Waals surface area (Å²) < 4.78 is 1.62. The first kappa shape index (κ1) is 14.4. The van der Waals surface area contributed by atoms with E-state index in [-0.39, 0.29) is 11.8 Å². The quantitative estimate of drug-likeness (QED) is 0.761. The van der Waals surface area contributed by atoms with E-state index < -0.39 is 0 Å². The molecule has 1 N–H and O–H groups in total. The summed E-state index contributed by atoms with van der Waals surface area (Å²) in [5, 5.41) is 15.3. The van der Waals surface area contributed by atoms with Crippen LogP contribution in [0.2, 0.25) is 0 Å². The van der Waals surface area contributed by atoms with Gasteiger partial charge in [0.1, 0.15) is 5.69 Å². The average Bonchev–Trinajstić information content (AvgIpc) is 2.86. The van der Waals surface area contributed by atoms with Crippen molar-refractivity contribution in [3.8, 4) is 22.8 Å². The molecule has 0 radical (unpaired) electrons. The van der Waals surface area contributed by atoms with Crippen molar-refractivity contribution in [2.24, 2.45) is 0 Å². The van der Waals surface area contributed by atoms with E-state index in [4.69, 9.17) is 0 Å². The third kappa shape index (κ3) is 2.50. The summed E-state index contributed by atoms with van der Waals surface area (Å²) in [6, 6.07) is 18.0. The highest BCUT2D eigenvalue weighted by Gasteiger charge is 2.21. The summed E-state index contributed by atoms with van der Waals surface area (Å²) in [7, 11) is 0. The van der Waals surface area contributed by atoms with Crippen molar-refractivity contribution in [2.75, 3.05) is 0 Å². The van der Waals surface area contributed by atoms with Gasteiger partial charge in [0.2, 0.25) is 5.88 Å². The number of aryl methyl sites for hydroxylation is 1. The fourth-order valence-electron chi connectivity index (χ4n) is 2.63. The van der Waals surface area contributed by atoms with Crippen LogP contribution < -0.4 is 0 Å². The number of hydrogen-bond acceptors (Lipinski definition) is 2. The van der Waals surface area contributed by atoms with E-state index in [0.717, 1.165) is 22.5 Å². The van der Waals surface area contributed by atoms with Crippen LogP contribution in [0, 0.1) is 6.92 Å². The summed E-state index contributed by atoms with van der Waals surface area (Å²) in [4.78, 5) is 0. The molecule has 0 fully saturated rings. The molecule has 1 heterocycles. The van der Waals surface area contributed by atoms with Gasteiger partial charge in [0, 0.05) is 11.1 Å². The van der Waals surface area contributed by atoms with Gasteiger partial charge >= 0.3 is 0 Å². The Labute approximate surface area is 130 Å². The van der Waals surface area contributed by atoms with Crippen LogP contribution in [0.25, 0.3) is 16.9 Å². The molecule has 0 aliphatic rings. The van der Waals surface area contributed by atoms with E-state index in [0.29, 0.717) is 0 Å². The fraction of sp³-hybridized carbons (Fsp3) is 0.211. The molecule has 0 atom stereocenters. The summed E-state index contributed by atoms with van der Waals surface area (Å²) in [6.07, 6.45) is 0. The van der Waals surface area contributed by atoms with E-state index in [2.05, 4.69) is 50.1 Å². The Hall–Kier alpha value is -2.55. The van der Waals surface area contributed by atoms with Crippen LogP contribution in [0.4, 0.5) is 0 Å². The van der Waals surface area contributed by atoms with Gasteiger partial charge in [-0.25, -0.2) is 4.68 Å². The largest absolute Gasteiger partial charge is 0.493 e. The van der Waals surface area contributed by atoms with Crippen molar-refractivity contribution >= 4 is 0 Å². The molecule has 3 heteroatoms. The van der Waals surface area contributed by atoms with Crippen molar-refractivity contribution in [1.82, 2.24) is 9.78 Å². The second-order valence-corrected chi connectivity index (χ2v) is 5.85. The van der Waals surface area contributed by atoms with Gasteiger partial charge in [-0.1, -0.05) is 61.9 Å². The predicted octanol–water partition coefficient (Wildman–Crippen LogP) is 4.68. The highest BCUT2D eigenvalue weighted by Crippen LogP contribution is 2.36. The van der Waals surface area contributed by atoms with Crippen LogP contribution in [0.5, 0.6) is 5.88 Å². The summed E-state index contributed by atoms with van der Waals surface area (Å²) in [5.41, 5.74) is 4.82. The number of aromatic hydroxyl groups is 1. The zero-order chi connectivity index (χ0) is 15.7. The van der Waals surface area contributed by atoms with Crippen LogP contribution in [-0.2, 0) is 0 Å². The van der Waals surface area contributed by atoms with Crippen LogP contribution >= 0.6 is 0 Å². The van der Waals surface area contributed by atoms with E-state index in [1.54, 1.807) is 4.68 Å². The molecule has 0 spiro atoms. The van der Waals surface area contributed by atoms with Gasteiger partial charge < -0.3 is 5.11 Å². The molecule has 0 unspecified atom stereocenters. The third-order valence-corrected chi connectivity index (χ3v) is 3.80. The van der Waals surface area contributed by atoms with Gasteiger partial charge in [0.15, 0.2) is 0 Å². The van der Waals surface area contributed by atoms with Crippen molar-refractivity contribution < 1.29 is 5.11 Å². The number of rotatable bonds is 3. The number of benzene rings is 2. The Morgan fingerprint density at radius 3 is 2.18 bits per heavy atom. The molecule has 3 rings (SSSR count). The van der Waals surface area contributed by atoms with Crippen LogP contribution in [-0.4, -0.2) is 14.9 Å². The fourth-order valence-corrected chi connectivity index (χ4v) is 2.63. The van der Waals surface area contributed by atoms with Crippen LogP contribution in [0.15, 0.2) is 54.6 Å². The second-order valence-electron chi connectivity index (χ2n) is 5.85. The van der Waals surface area contributed by atoms with Crippen molar-refractivity contribution in [3.63, 3.8) is 0 Å². The smallest absolute Gasteiger partial charge is 0.218 e. The first-order valence-electron chi connectivity index (χ1n) is 7.52. The normalized spacial score (nSPS) is 11.1. The van der Waals surface area contributed by atoms with E-state index >= 15 is 0 Å². The van der Waals surface area contributed by atoms with Crippen LogP contribution in [0.1, 0.15) is 30.9 Å². The van der Waals surface area contributed by atoms with E-state index in [1.807, 2.05) is 30.3 Å². The Balaban J connectivity index is 2.20. The minimum Gasteiger partial charge on any atom is -0.493 e. The number of aromatic nitrogens is 2. The van der Waals surface area contributed by atoms with Crippen molar-refractivity contribution in [2.45, 2.75) is 26.7 Å². The third-order valence-electron chi connectivity index (χ3n) is 3.80. The molecule has 0 saturated heterocycles. The lowest BCUT2D eigenvalue weighted by molar-refractivity contribution is 0.425. The van der Waals surface area contributed by atoms with Gasteiger partial charge in [0.25, 0.3) is 0 Å². The molecule has 0 bridgehead atoms. The van der Waals surface area contributed by atoms with E-state index in [1.165, 1.54) is 5.56 Å². The molecule has 22 heavy (non-hydrogen) atoms. The van der Waals surface area contributed by atoms with Gasteiger partial charge in [-0.15, -0.1) is 0 Å². The molecule has 112 valence electrons. The Morgan fingerprint density at radius 1 is 0.955 bits per heavy atom. The Bertz CT molecular complexity index is 771. The molecule has 0 aliphatic heterocycles. The molecular formula is C19H20N2O. The standard InChI is InChI=1S/C19H20N2O/c1-13(2)17-18(15-11-9-14(3)10-12-15)20-21(19(17)22)16-7-5-4-6-8-16/h4-13,22H,1-3H3. The summed E-state index contributed by atoms with van der Waals surface area (Å²) >= 11 is 0. The minimum absolute atomic E-state index is 0.189. The SMILES string of the molecule is Cc1ccc(-c2nn(-c3ccccc3)c(O)c2C(C)C)cc1. The van der Waals surface area contributed by atoms with Gasteiger partial charge in [-0.2, -0.15) is 5.10 Å². The van der Waals surface area contributed by atoms with Crippen molar-refractivity contribution in [1.29, 1.82) is 0 Å². The lowest BCUT2D eigenvalue weighted by atomic mass is 9.98. The molecule has 3 aromatic rings.